The highest BCUT2D eigenvalue weighted by Gasteiger charge is 2.59. The van der Waals surface area contributed by atoms with Crippen LogP contribution in [0.4, 0.5) is 0 Å². The number of aromatic nitrogens is 2. The Bertz CT molecular complexity index is 698. The summed E-state index contributed by atoms with van der Waals surface area (Å²) in [5, 5.41) is 12.3. The summed E-state index contributed by atoms with van der Waals surface area (Å²) in [6.07, 6.45) is 3.38. The summed E-state index contributed by atoms with van der Waals surface area (Å²) in [6.45, 7) is 10.6. The lowest BCUT2D eigenvalue weighted by molar-refractivity contribution is -0.123. The number of hydrazone groups is 1. The smallest absolute Gasteiger partial charge is 0.278 e. The topological polar surface area (TPSA) is 76.5 Å². The van der Waals surface area contributed by atoms with Crippen molar-refractivity contribution >= 4 is 11.6 Å². The zero-order valence-electron chi connectivity index (χ0n) is 15.1. The van der Waals surface area contributed by atoms with E-state index in [1.807, 2.05) is 13.8 Å². The van der Waals surface area contributed by atoms with Gasteiger partial charge in [0.15, 0.2) is 6.61 Å². The van der Waals surface area contributed by atoms with Gasteiger partial charge in [0.2, 0.25) is 5.88 Å². The molecule has 24 heavy (non-hydrogen) atoms. The van der Waals surface area contributed by atoms with Crippen LogP contribution >= 0.6 is 0 Å². The largest absolute Gasteiger partial charge is 0.466 e. The summed E-state index contributed by atoms with van der Waals surface area (Å²) in [5.74, 6) is 0.751. The van der Waals surface area contributed by atoms with E-state index in [1.54, 1.807) is 6.07 Å². The van der Waals surface area contributed by atoms with Gasteiger partial charge < -0.3 is 4.74 Å². The Morgan fingerprint density at radius 1 is 1.38 bits per heavy atom. The molecule has 130 valence electrons. The van der Waals surface area contributed by atoms with Gasteiger partial charge in [0.1, 0.15) is 0 Å². The highest BCUT2D eigenvalue weighted by atomic mass is 16.5. The van der Waals surface area contributed by atoms with Gasteiger partial charge in [-0.1, -0.05) is 20.8 Å². The summed E-state index contributed by atoms with van der Waals surface area (Å²) < 4.78 is 5.39. The molecule has 2 aliphatic rings. The zero-order chi connectivity index (χ0) is 17.5. The number of carbonyl (C=O) groups excluding carboxylic acids is 1. The van der Waals surface area contributed by atoms with E-state index in [1.165, 1.54) is 6.42 Å². The third-order valence-corrected chi connectivity index (χ3v) is 6.39. The van der Waals surface area contributed by atoms with Crippen molar-refractivity contribution in [1.82, 2.24) is 15.6 Å². The van der Waals surface area contributed by atoms with Crippen LogP contribution in [-0.2, 0) is 4.79 Å². The molecule has 1 heterocycles. The molecule has 6 nitrogen and oxygen atoms in total. The first-order valence-electron chi connectivity index (χ1n) is 8.53. The predicted molar refractivity (Wildman–Crippen MR) is 91.8 cm³/mol. The van der Waals surface area contributed by atoms with Crippen molar-refractivity contribution in [2.45, 2.75) is 53.9 Å². The SMILES string of the molecule is Cc1cc(OCC(=O)NN=C2CC3CCC2(C)C3(C)C)nnc1C. The van der Waals surface area contributed by atoms with Crippen LogP contribution in [0.1, 0.15) is 51.3 Å². The summed E-state index contributed by atoms with van der Waals surface area (Å²) >= 11 is 0. The number of carbonyl (C=O) groups is 1. The fourth-order valence-electron chi connectivity index (χ4n) is 3.99. The van der Waals surface area contributed by atoms with E-state index in [-0.39, 0.29) is 23.3 Å². The first-order valence-corrected chi connectivity index (χ1v) is 8.53. The number of ether oxygens (including phenoxy) is 1. The Balaban J connectivity index is 1.57. The van der Waals surface area contributed by atoms with Gasteiger partial charge in [-0.05, 0) is 50.0 Å². The number of fused-ring (bicyclic) bond motifs is 2. The van der Waals surface area contributed by atoms with E-state index < -0.39 is 0 Å². The Kier molecular flexibility index (Phi) is 4.10. The molecule has 0 aromatic carbocycles. The molecule has 0 aliphatic heterocycles. The molecule has 0 saturated heterocycles. The number of nitrogens with one attached hydrogen (secondary N) is 1. The third-order valence-electron chi connectivity index (χ3n) is 6.39. The van der Waals surface area contributed by atoms with Crippen molar-refractivity contribution in [3.63, 3.8) is 0 Å². The number of hydrogen-bond donors (Lipinski definition) is 1. The molecule has 2 atom stereocenters. The summed E-state index contributed by atoms with van der Waals surface area (Å²) in [5.41, 5.74) is 5.94. The van der Waals surface area contributed by atoms with Crippen LogP contribution in [0, 0.1) is 30.6 Å². The van der Waals surface area contributed by atoms with Crippen LogP contribution in [0.15, 0.2) is 11.2 Å². The van der Waals surface area contributed by atoms with E-state index in [0.717, 1.165) is 29.8 Å². The molecule has 0 radical (unpaired) electrons. The van der Waals surface area contributed by atoms with Gasteiger partial charge in [-0.2, -0.15) is 10.2 Å². The van der Waals surface area contributed by atoms with Gasteiger partial charge in [-0.15, -0.1) is 5.10 Å². The molecule has 3 rings (SSSR count). The van der Waals surface area contributed by atoms with Crippen LogP contribution in [0.5, 0.6) is 5.88 Å². The summed E-state index contributed by atoms with van der Waals surface area (Å²) in [7, 11) is 0. The molecule has 1 aromatic heterocycles. The second-order valence-electron chi connectivity index (χ2n) is 7.83. The van der Waals surface area contributed by atoms with Crippen LogP contribution in [-0.4, -0.2) is 28.4 Å². The number of hydrogen-bond acceptors (Lipinski definition) is 5. The molecule has 0 spiro atoms. The van der Waals surface area contributed by atoms with Crippen molar-refractivity contribution in [2.75, 3.05) is 6.61 Å². The number of rotatable bonds is 4. The summed E-state index contributed by atoms with van der Waals surface area (Å²) in [6, 6.07) is 1.78. The molecule has 1 amide bonds. The van der Waals surface area contributed by atoms with E-state index in [4.69, 9.17) is 4.74 Å². The van der Waals surface area contributed by atoms with Gasteiger partial charge in [-0.3, -0.25) is 4.79 Å². The molecule has 6 heteroatoms. The molecule has 1 aromatic rings. The third kappa shape index (κ3) is 2.68. The standard InChI is InChI=1S/C18H26N4O2/c1-11-8-16(22-19-12(11)2)24-10-15(23)21-20-14-9-13-6-7-18(14,5)17(13,3)4/h8,13H,6-7,9-10H2,1-5H3,(H,21,23). The first-order chi connectivity index (χ1) is 11.2. The molecule has 2 fully saturated rings. The van der Waals surface area contributed by atoms with Crippen molar-refractivity contribution in [3.05, 3.63) is 17.3 Å². The average Bonchev–Trinajstić information content (AvgIpc) is 2.87. The maximum atomic E-state index is 12.0. The minimum Gasteiger partial charge on any atom is -0.466 e. The molecular formula is C18H26N4O2. The molecule has 2 aliphatic carbocycles. The maximum absolute atomic E-state index is 12.0. The van der Waals surface area contributed by atoms with Gasteiger partial charge in [0.05, 0.1) is 5.69 Å². The lowest BCUT2D eigenvalue weighted by Crippen LogP contribution is -2.35. The second kappa shape index (κ2) is 5.83. The van der Waals surface area contributed by atoms with E-state index in [9.17, 15) is 4.79 Å². The lowest BCUT2D eigenvalue weighted by Gasteiger charge is -2.34. The van der Waals surface area contributed by atoms with E-state index in [2.05, 4.69) is 41.5 Å². The molecule has 2 saturated carbocycles. The monoisotopic (exact) mass is 330 g/mol. The highest BCUT2D eigenvalue weighted by molar-refractivity contribution is 5.95. The minimum absolute atomic E-state index is 0.0886. The van der Waals surface area contributed by atoms with Gasteiger partial charge in [0, 0.05) is 17.2 Å². The average molecular weight is 330 g/mol. The number of nitrogens with zero attached hydrogens (tertiary/aromatic N) is 3. The predicted octanol–water partition coefficient (Wildman–Crippen LogP) is 2.79. The normalized spacial score (nSPS) is 29.0. The van der Waals surface area contributed by atoms with Gasteiger partial charge >= 0.3 is 0 Å². The molecule has 2 bridgehead atoms. The first kappa shape index (κ1) is 16.9. The Morgan fingerprint density at radius 2 is 2.12 bits per heavy atom. The van der Waals surface area contributed by atoms with Gasteiger partial charge in [0.25, 0.3) is 5.91 Å². The Morgan fingerprint density at radius 3 is 2.71 bits per heavy atom. The van der Waals surface area contributed by atoms with Crippen LogP contribution in [0.2, 0.25) is 0 Å². The Hall–Kier alpha value is -1.98. The highest BCUT2D eigenvalue weighted by Crippen LogP contribution is 2.63. The number of amides is 1. The van der Waals surface area contributed by atoms with Crippen molar-refractivity contribution in [3.8, 4) is 5.88 Å². The quantitative estimate of drug-likeness (QED) is 0.861. The second-order valence-corrected chi connectivity index (χ2v) is 7.83. The van der Waals surface area contributed by atoms with Crippen molar-refractivity contribution in [2.24, 2.45) is 21.8 Å². The van der Waals surface area contributed by atoms with Gasteiger partial charge in [-0.25, -0.2) is 5.43 Å². The molecule has 2 unspecified atom stereocenters. The number of aryl methyl sites for hydroxylation is 2. The van der Waals surface area contributed by atoms with E-state index in [0.29, 0.717) is 11.8 Å². The van der Waals surface area contributed by atoms with Crippen LogP contribution < -0.4 is 10.2 Å². The fraction of sp³-hybridized carbons (Fsp3) is 0.667. The fourth-order valence-corrected chi connectivity index (χ4v) is 3.99. The van der Waals surface area contributed by atoms with Crippen molar-refractivity contribution in [1.29, 1.82) is 0 Å². The summed E-state index contributed by atoms with van der Waals surface area (Å²) in [4.78, 5) is 12.0. The van der Waals surface area contributed by atoms with E-state index >= 15 is 0 Å². The van der Waals surface area contributed by atoms with Crippen LogP contribution in [0.3, 0.4) is 0 Å². The molecular weight excluding hydrogens is 304 g/mol. The maximum Gasteiger partial charge on any atom is 0.278 e. The van der Waals surface area contributed by atoms with Crippen molar-refractivity contribution < 1.29 is 9.53 Å². The van der Waals surface area contributed by atoms with Crippen LogP contribution in [0.25, 0.3) is 0 Å². The zero-order valence-corrected chi connectivity index (χ0v) is 15.1. The minimum atomic E-state index is -0.272. The lowest BCUT2D eigenvalue weighted by atomic mass is 9.70. The molecule has 1 N–H and O–H groups in total. The Labute approximate surface area is 143 Å².